The summed E-state index contributed by atoms with van der Waals surface area (Å²) >= 11 is 4.50. The Kier molecular flexibility index (Phi) is 8.94. The Bertz CT molecular complexity index is 1350. The molecule has 2 amide bonds. The Labute approximate surface area is 237 Å². The highest BCUT2D eigenvalue weighted by atomic mass is 32.1. The molecule has 7 nitrogen and oxygen atoms in total. The molecule has 2 unspecified atom stereocenters. The number of hydrogen-bond donors (Lipinski definition) is 3. The minimum absolute atomic E-state index is 0.0733. The fourth-order valence-corrected chi connectivity index (χ4v) is 4.99. The lowest BCUT2D eigenvalue weighted by molar-refractivity contribution is -0.137. The number of carbonyl (C=O) groups excluding carboxylic acids is 1. The van der Waals surface area contributed by atoms with Crippen LogP contribution in [0.1, 0.15) is 44.7 Å². The SMILES string of the molecule is CC(CO)CC(S)COc1cccc(NC(=O)N2CCC(C)(C)c3ccc(-c4cccc(C(F)(F)F)c4)nc32)n1. The quantitative estimate of drug-likeness (QED) is 0.265. The summed E-state index contributed by atoms with van der Waals surface area (Å²) in [6.07, 6.45) is -3.13. The van der Waals surface area contributed by atoms with Crippen molar-refractivity contribution < 1.29 is 27.8 Å². The van der Waals surface area contributed by atoms with Gasteiger partial charge >= 0.3 is 12.2 Å². The Hall–Kier alpha value is -3.31. The first kappa shape index (κ1) is 29.7. The summed E-state index contributed by atoms with van der Waals surface area (Å²) in [5.41, 5.74) is 0.426. The fourth-order valence-electron chi connectivity index (χ4n) is 4.56. The molecule has 3 aromatic rings. The second-order valence-corrected chi connectivity index (χ2v) is 11.4. The van der Waals surface area contributed by atoms with Crippen LogP contribution < -0.4 is 15.0 Å². The van der Waals surface area contributed by atoms with E-state index < -0.39 is 17.8 Å². The summed E-state index contributed by atoms with van der Waals surface area (Å²) in [5, 5.41) is 11.9. The molecule has 0 saturated heterocycles. The molecule has 4 rings (SSSR count). The number of halogens is 3. The summed E-state index contributed by atoms with van der Waals surface area (Å²) in [5.74, 6) is 1.10. The van der Waals surface area contributed by atoms with Gasteiger partial charge in [-0.05, 0) is 48.4 Å². The monoisotopic (exact) mass is 574 g/mol. The first-order valence-corrected chi connectivity index (χ1v) is 13.6. The number of rotatable bonds is 8. The summed E-state index contributed by atoms with van der Waals surface area (Å²) in [6.45, 7) is 6.75. The van der Waals surface area contributed by atoms with Crippen molar-refractivity contribution in [3.63, 3.8) is 0 Å². The van der Waals surface area contributed by atoms with Crippen LogP contribution in [0.3, 0.4) is 0 Å². The second kappa shape index (κ2) is 12.1. The zero-order valence-corrected chi connectivity index (χ0v) is 23.5. The number of amides is 2. The zero-order valence-electron chi connectivity index (χ0n) is 22.6. The smallest absolute Gasteiger partial charge is 0.416 e. The number of hydrogen-bond acceptors (Lipinski definition) is 6. The van der Waals surface area contributed by atoms with Gasteiger partial charge in [0.15, 0.2) is 0 Å². The number of carbonyl (C=O) groups is 1. The molecule has 2 aromatic heterocycles. The molecule has 0 spiro atoms. The molecular weight excluding hydrogens is 541 g/mol. The molecule has 11 heteroatoms. The fraction of sp³-hybridized carbons (Fsp3) is 0.414. The highest BCUT2D eigenvalue weighted by Gasteiger charge is 2.36. The maximum absolute atomic E-state index is 13.4. The van der Waals surface area contributed by atoms with E-state index in [9.17, 15) is 23.1 Å². The van der Waals surface area contributed by atoms with E-state index >= 15 is 0 Å². The topological polar surface area (TPSA) is 87.6 Å². The molecule has 1 aliphatic heterocycles. The van der Waals surface area contributed by atoms with Gasteiger partial charge in [-0.1, -0.05) is 45.0 Å². The van der Waals surface area contributed by atoms with Gasteiger partial charge in [0.1, 0.15) is 18.2 Å². The van der Waals surface area contributed by atoms with Gasteiger partial charge in [0.05, 0.1) is 11.3 Å². The van der Waals surface area contributed by atoms with Crippen LogP contribution >= 0.6 is 12.6 Å². The normalized spacial score (nSPS) is 16.1. The molecule has 1 aliphatic rings. The third-order valence-corrected chi connectivity index (χ3v) is 7.28. The molecule has 2 atom stereocenters. The van der Waals surface area contributed by atoms with Gasteiger partial charge in [-0.3, -0.25) is 10.2 Å². The lowest BCUT2D eigenvalue weighted by atomic mass is 9.79. The number of anilines is 2. The molecule has 0 aliphatic carbocycles. The minimum Gasteiger partial charge on any atom is -0.476 e. The number of alkyl halides is 3. The average molecular weight is 575 g/mol. The lowest BCUT2D eigenvalue weighted by Gasteiger charge is -2.38. The third-order valence-electron chi connectivity index (χ3n) is 6.92. The van der Waals surface area contributed by atoms with Gasteiger partial charge in [-0.25, -0.2) is 9.78 Å². The van der Waals surface area contributed by atoms with Crippen LogP contribution in [0, 0.1) is 5.92 Å². The molecule has 0 radical (unpaired) electrons. The predicted molar refractivity (Wildman–Crippen MR) is 152 cm³/mol. The second-order valence-electron chi connectivity index (χ2n) is 10.7. The number of nitrogens with one attached hydrogen (secondary N) is 1. The van der Waals surface area contributed by atoms with Gasteiger partial charge < -0.3 is 9.84 Å². The number of nitrogens with zero attached hydrogens (tertiary/aromatic N) is 3. The zero-order chi connectivity index (χ0) is 29.1. The Morgan fingerprint density at radius 2 is 1.93 bits per heavy atom. The Morgan fingerprint density at radius 1 is 1.18 bits per heavy atom. The maximum Gasteiger partial charge on any atom is 0.416 e. The first-order valence-electron chi connectivity index (χ1n) is 13.0. The van der Waals surface area contributed by atoms with Gasteiger partial charge in [0.25, 0.3) is 0 Å². The summed E-state index contributed by atoms with van der Waals surface area (Å²) < 4.78 is 45.7. The van der Waals surface area contributed by atoms with Crippen LogP contribution in [-0.4, -0.2) is 46.1 Å². The number of urea groups is 1. The summed E-state index contributed by atoms with van der Waals surface area (Å²) in [7, 11) is 0. The first-order chi connectivity index (χ1) is 18.9. The number of ether oxygens (including phenoxy) is 1. The van der Waals surface area contributed by atoms with E-state index in [0.717, 1.165) is 17.7 Å². The van der Waals surface area contributed by atoms with Gasteiger partial charge in [0.2, 0.25) is 5.88 Å². The summed E-state index contributed by atoms with van der Waals surface area (Å²) in [4.78, 5) is 23.9. The van der Waals surface area contributed by atoms with Gasteiger partial charge in [-0.2, -0.15) is 30.8 Å². The van der Waals surface area contributed by atoms with E-state index in [1.54, 1.807) is 30.3 Å². The van der Waals surface area contributed by atoms with Crippen molar-refractivity contribution in [1.29, 1.82) is 0 Å². The molecular formula is C29H33F3N4O3S. The van der Waals surface area contributed by atoms with Crippen molar-refractivity contribution in [2.45, 2.75) is 50.5 Å². The van der Waals surface area contributed by atoms with Crippen LogP contribution in [0.4, 0.5) is 29.6 Å². The molecule has 40 heavy (non-hydrogen) atoms. The van der Waals surface area contributed by atoms with Crippen molar-refractivity contribution >= 4 is 30.3 Å². The van der Waals surface area contributed by atoms with Gasteiger partial charge in [0, 0.05) is 35.6 Å². The van der Waals surface area contributed by atoms with E-state index in [4.69, 9.17) is 4.74 Å². The Balaban J connectivity index is 1.55. The van der Waals surface area contributed by atoms with E-state index in [1.165, 1.54) is 11.0 Å². The molecule has 1 aromatic carbocycles. The minimum atomic E-state index is -4.48. The molecule has 214 valence electrons. The van der Waals surface area contributed by atoms with Crippen molar-refractivity contribution in [2.75, 3.05) is 30.0 Å². The van der Waals surface area contributed by atoms with Gasteiger partial charge in [-0.15, -0.1) is 0 Å². The number of aliphatic hydroxyl groups is 1. The number of pyridine rings is 2. The highest BCUT2D eigenvalue weighted by molar-refractivity contribution is 7.81. The highest BCUT2D eigenvalue weighted by Crippen LogP contribution is 2.40. The molecule has 0 fully saturated rings. The number of fused-ring (bicyclic) bond motifs is 1. The average Bonchev–Trinajstić information content (AvgIpc) is 2.91. The van der Waals surface area contributed by atoms with Crippen LogP contribution in [0.2, 0.25) is 0 Å². The number of aliphatic hydroxyl groups excluding tert-OH is 1. The third kappa shape index (κ3) is 7.06. The standard InChI is InChI=1S/C29H33F3N4O3S/c1-18(16-37)14-21(40)17-39-25-9-5-8-24(34-25)35-27(38)36-13-12-28(2,3)22-10-11-23(33-26(22)36)19-6-4-7-20(15-19)29(30,31)32/h4-11,15,18,21,37,40H,12-14,16-17H2,1-3H3,(H,34,35,38). The van der Waals surface area contributed by atoms with E-state index in [-0.39, 0.29) is 35.6 Å². The van der Waals surface area contributed by atoms with Crippen LogP contribution in [0.15, 0.2) is 54.6 Å². The number of aromatic nitrogens is 2. The molecule has 2 N–H and O–H groups in total. The lowest BCUT2D eigenvalue weighted by Crippen LogP contribution is -2.44. The van der Waals surface area contributed by atoms with Crippen LogP contribution in [-0.2, 0) is 11.6 Å². The number of thiol groups is 1. The largest absolute Gasteiger partial charge is 0.476 e. The summed E-state index contributed by atoms with van der Waals surface area (Å²) in [6, 6.07) is 13.1. The van der Waals surface area contributed by atoms with Crippen LogP contribution in [0.5, 0.6) is 5.88 Å². The van der Waals surface area contributed by atoms with E-state index in [0.29, 0.717) is 42.3 Å². The van der Waals surface area contributed by atoms with Crippen molar-refractivity contribution in [3.05, 3.63) is 65.7 Å². The molecule has 0 bridgehead atoms. The maximum atomic E-state index is 13.4. The molecule has 3 heterocycles. The van der Waals surface area contributed by atoms with Crippen molar-refractivity contribution in [3.8, 4) is 17.1 Å². The molecule has 0 saturated carbocycles. The van der Waals surface area contributed by atoms with Crippen molar-refractivity contribution in [1.82, 2.24) is 9.97 Å². The Morgan fingerprint density at radius 3 is 2.65 bits per heavy atom. The van der Waals surface area contributed by atoms with Crippen molar-refractivity contribution in [2.24, 2.45) is 5.92 Å². The van der Waals surface area contributed by atoms with E-state index in [2.05, 4.69) is 27.9 Å². The predicted octanol–water partition coefficient (Wildman–Crippen LogP) is 6.58. The van der Waals surface area contributed by atoms with E-state index in [1.807, 2.05) is 26.8 Å². The number of benzene rings is 1. The van der Waals surface area contributed by atoms with Crippen LogP contribution in [0.25, 0.3) is 11.3 Å².